The van der Waals surface area contributed by atoms with E-state index in [4.69, 9.17) is 4.74 Å². The third-order valence-corrected chi connectivity index (χ3v) is 2.16. The first-order chi connectivity index (χ1) is 5.72. The Morgan fingerprint density at radius 3 is 2.15 bits per heavy atom. The Kier molecular flexibility index (Phi) is 2.56. The molecule has 0 amide bonds. The van der Waals surface area contributed by atoms with Crippen molar-refractivity contribution in [1.82, 2.24) is 0 Å². The van der Waals surface area contributed by atoms with Crippen molar-refractivity contribution < 1.29 is 9.84 Å². The second-order valence-corrected chi connectivity index (χ2v) is 5.36. The van der Waals surface area contributed by atoms with Crippen LogP contribution in [0.25, 0.3) is 0 Å². The zero-order chi connectivity index (χ0) is 10.3. The van der Waals surface area contributed by atoms with Crippen LogP contribution in [0.2, 0.25) is 0 Å². The van der Waals surface area contributed by atoms with E-state index in [2.05, 4.69) is 20.8 Å². The van der Waals surface area contributed by atoms with Crippen molar-refractivity contribution >= 4 is 0 Å². The van der Waals surface area contributed by atoms with E-state index in [0.29, 0.717) is 0 Å². The summed E-state index contributed by atoms with van der Waals surface area (Å²) < 4.78 is 5.33. The van der Waals surface area contributed by atoms with E-state index in [1.807, 2.05) is 26.0 Å². The Bertz CT molecular complexity index is 211. The first-order valence-corrected chi connectivity index (χ1v) is 4.78. The Labute approximate surface area is 80.6 Å². The number of ether oxygens (including phenoxy) is 1. The van der Waals surface area contributed by atoms with Crippen molar-refractivity contribution in [3.8, 4) is 0 Å². The zero-order valence-electron chi connectivity index (χ0n) is 9.16. The minimum atomic E-state index is -0.464. The molecule has 2 atom stereocenters. The third kappa shape index (κ3) is 3.12. The van der Waals surface area contributed by atoms with Gasteiger partial charge in [-0.1, -0.05) is 32.9 Å². The molecule has 0 aliphatic carbocycles. The molecule has 1 N–H and O–H groups in total. The minimum absolute atomic E-state index is 0.0221. The number of allylic oxidation sites excluding steroid dienone is 1. The molecule has 0 radical (unpaired) electrons. The van der Waals surface area contributed by atoms with Gasteiger partial charge in [-0.05, 0) is 19.3 Å². The quantitative estimate of drug-likeness (QED) is 0.526. The summed E-state index contributed by atoms with van der Waals surface area (Å²) in [7, 11) is 0. The van der Waals surface area contributed by atoms with Crippen LogP contribution in [0.4, 0.5) is 0 Å². The van der Waals surface area contributed by atoms with Crippen molar-refractivity contribution in [2.45, 2.75) is 52.4 Å². The molecule has 13 heavy (non-hydrogen) atoms. The number of rotatable bonds is 2. The highest BCUT2D eigenvalue weighted by atomic mass is 16.6. The first-order valence-electron chi connectivity index (χ1n) is 4.78. The van der Waals surface area contributed by atoms with Crippen molar-refractivity contribution in [1.29, 1.82) is 0 Å². The number of aliphatic hydroxyl groups excluding tert-OH is 1. The molecular weight excluding hydrogens is 164 g/mol. The Morgan fingerprint density at radius 2 is 1.85 bits per heavy atom. The number of hydrogen-bond donors (Lipinski definition) is 1. The summed E-state index contributed by atoms with van der Waals surface area (Å²) in [6, 6.07) is 0. The third-order valence-electron chi connectivity index (χ3n) is 2.16. The summed E-state index contributed by atoms with van der Waals surface area (Å²) in [5.74, 6) is 0. The molecule has 0 aromatic heterocycles. The summed E-state index contributed by atoms with van der Waals surface area (Å²) in [4.78, 5) is 0. The van der Waals surface area contributed by atoms with Crippen LogP contribution in [0.5, 0.6) is 0 Å². The molecule has 1 aliphatic rings. The average molecular weight is 184 g/mol. The molecule has 0 bridgehead atoms. The van der Waals surface area contributed by atoms with Crippen molar-refractivity contribution in [3.63, 3.8) is 0 Å². The Morgan fingerprint density at radius 1 is 1.38 bits per heavy atom. The molecule has 0 aromatic carbocycles. The van der Waals surface area contributed by atoms with Crippen LogP contribution in [0.3, 0.4) is 0 Å². The summed E-state index contributed by atoms with van der Waals surface area (Å²) in [5.41, 5.74) is -0.0122. The van der Waals surface area contributed by atoms with Crippen LogP contribution >= 0.6 is 0 Å². The monoisotopic (exact) mass is 184 g/mol. The summed E-state index contributed by atoms with van der Waals surface area (Å²) in [6.07, 6.45) is 3.37. The van der Waals surface area contributed by atoms with Gasteiger partial charge in [-0.2, -0.15) is 0 Å². The smallest absolute Gasteiger partial charge is 0.116 e. The van der Waals surface area contributed by atoms with Crippen molar-refractivity contribution in [2.24, 2.45) is 5.41 Å². The average Bonchev–Trinajstić information content (AvgIpc) is 2.53. The lowest BCUT2D eigenvalue weighted by molar-refractivity contribution is 0.175. The van der Waals surface area contributed by atoms with E-state index in [1.165, 1.54) is 0 Å². The highest BCUT2D eigenvalue weighted by Gasteiger charge is 2.51. The number of epoxide rings is 1. The molecule has 1 rings (SSSR count). The summed E-state index contributed by atoms with van der Waals surface area (Å²) in [5, 5.41) is 9.68. The Balaban J connectivity index is 2.44. The molecule has 1 unspecified atom stereocenters. The van der Waals surface area contributed by atoms with E-state index in [9.17, 15) is 5.11 Å². The first kappa shape index (κ1) is 10.7. The molecule has 0 saturated carbocycles. The normalized spacial score (nSPS) is 29.2. The molecule has 1 heterocycles. The van der Waals surface area contributed by atoms with Gasteiger partial charge in [0.2, 0.25) is 0 Å². The van der Waals surface area contributed by atoms with Crippen LogP contribution in [-0.2, 0) is 4.74 Å². The fourth-order valence-electron chi connectivity index (χ4n) is 1.26. The molecule has 1 fully saturated rings. The largest absolute Gasteiger partial charge is 0.386 e. The lowest BCUT2D eigenvalue weighted by Crippen LogP contribution is -2.18. The van der Waals surface area contributed by atoms with Gasteiger partial charge in [0.05, 0.1) is 5.60 Å². The van der Waals surface area contributed by atoms with E-state index < -0.39 is 6.10 Å². The molecule has 2 nitrogen and oxygen atoms in total. The second kappa shape index (κ2) is 3.10. The van der Waals surface area contributed by atoms with E-state index >= 15 is 0 Å². The highest BCUT2D eigenvalue weighted by molar-refractivity contribution is 5.08. The molecule has 0 aromatic rings. The minimum Gasteiger partial charge on any atom is -0.386 e. The summed E-state index contributed by atoms with van der Waals surface area (Å²) >= 11 is 0. The van der Waals surface area contributed by atoms with Crippen molar-refractivity contribution in [2.75, 3.05) is 0 Å². The van der Waals surface area contributed by atoms with Crippen LogP contribution in [0.15, 0.2) is 12.2 Å². The molecule has 2 heteroatoms. The van der Waals surface area contributed by atoms with Gasteiger partial charge >= 0.3 is 0 Å². The molecular formula is C11H20O2. The second-order valence-electron chi connectivity index (χ2n) is 5.36. The maximum absolute atomic E-state index is 9.68. The van der Waals surface area contributed by atoms with Gasteiger partial charge < -0.3 is 9.84 Å². The maximum Gasteiger partial charge on any atom is 0.116 e. The fraction of sp³-hybridized carbons (Fsp3) is 0.818. The summed E-state index contributed by atoms with van der Waals surface area (Å²) in [6.45, 7) is 10.3. The van der Waals surface area contributed by atoms with Crippen LogP contribution in [0, 0.1) is 5.41 Å². The SMILES string of the molecule is CC(C)(C)/C=C/[C@H](O)C1OC1(C)C. The lowest BCUT2D eigenvalue weighted by atomic mass is 9.94. The number of hydrogen-bond acceptors (Lipinski definition) is 2. The van der Waals surface area contributed by atoms with Gasteiger partial charge in [0.1, 0.15) is 12.2 Å². The standard InChI is InChI=1S/C11H20O2/c1-10(2,3)7-6-8(12)9-11(4,5)13-9/h6-9,12H,1-5H3/b7-6+/t8-,9?/m0/s1. The molecule has 1 aliphatic heterocycles. The Hall–Kier alpha value is -0.340. The zero-order valence-corrected chi connectivity index (χ0v) is 9.16. The van der Waals surface area contributed by atoms with Gasteiger partial charge in [-0.15, -0.1) is 0 Å². The van der Waals surface area contributed by atoms with Crippen LogP contribution < -0.4 is 0 Å². The lowest BCUT2D eigenvalue weighted by Gasteiger charge is -2.12. The van der Waals surface area contributed by atoms with Gasteiger partial charge in [0, 0.05) is 0 Å². The van der Waals surface area contributed by atoms with E-state index in [1.54, 1.807) is 0 Å². The van der Waals surface area contributed by atoms with E-state index in [0.717, 1.165) is 0 Å². The van der Waals surface area contributed by atoms with E-state index in [-0.39, 0.29) is 17.1 Å². The predicted octanol–water partition coefficient (Wildman–Crippen LogP) is 2.13. The molecule has 1 saturated heterocycles. The highest BCUT2D eigenvalue weighted by Crippen LogP contribution is 2.38. The van der Waals surface area contributed by atoms with Gasteiger partial charge in [0.15, 0.2) is 0 Å². The molecule has 76 valence electrons. The van der Waals surface area contributed by atoms with Gasteiger partial charge in [-0.25, -0.2) is 0 Å². The fourth-order valence-corrected chi connectivity index (χ4v) is 1.26. The van der Waals surface area contributed by atoms with Crippen LogP contribution in [0.1, 0.15) is 34.6 Å². The van der Waals surface area contributed by atoms with Crippen LogP contribution in [-0.4, -0.2) is 22.9 Å². The molecule has 0 spiro atoms. The topological polar surface area (TPSA) is 32.8 Å². The predicted molar refractivity (Wildman–Crippen MR) is 53.6 cm³/mol. The van der Waals surface area contributed by atoms with Crippen molar-refractivity contribution in [3.05, 3.63) is 12.2 Å². The number of aliphatic hydroxyl groups is 1. The van der Waals surface area contributed by atoms with Gasteiger partial charge in [0.25, 0.3) is 0 Å². The van der Waals surface area contributed by atoms with Gasteiger partial charge in [-0.3, -0.25) is 0 Å². The maximum atomic E-state index is 9.68.